The molecular weight excluding hydrogens is 346 g/mol. The third kappa shape index (κ3) is 4.31. The summed E-state index contributed by atoms with van der Waals surface area (Å²) in [5.74, 6) is -0.245. The summed E-state index contributed by atoms with van der Waals surface area (Å²) in [5, 5.41) is 6.67. The fourth-order valence-corrected chi connectivity index (χ4v) is 4.46. The van der Waals surface area contributed by atoms with Gasteiger partial charge in [0.05, 0.1) is 32.7 Å². The van der Waals surface area contributed by atoms with E-state index >= 15 is 0 Å². The van der Waals surface area contributed by atoms with Crippen molar-refractivity contribution in [2.45, 2.75) is 25.7 Å². The Labute approximate surface area is 158 Å². The molecule has 0 fully saturated rings. The normalized spacial score (nSPS) is 13.3. The van der Waals surface area contributed by atoms with E-state index in [0.29, 0.717) is 22.7 Å². The van der Waals surface area contributed by atoms with Crippen LogP contribution in [0.15, 0.2) is 30.3 Å². The van der Waals surface area contributed by atoms with E-state index in [0.717, 1.165) is 37.8 Å². The monoisotopic (exact) mass is 372 g/mol. The van der Waals surface area contributed by atoms with Gasteiger partial charge in [0, 0.05) is 10.4 Å². The zero-order valence-electron chi connectivity index (χ0n) is 15.4. The largest absolute Gasteiger partial charge is 0.346 e. The van der Waals surface area contributed by atoms with Gasteiger partial charge >= 0.3 is 0 Å². The number of carbonyl (C=O) groups excluding carboxylic acids is 2. The second-order valence-electron chi connectivity index (χ2n) is 6.95. The van der Waals surface area contributed by atoms with Crippen molar-refractivity contribution in [2.24, 2.45) is 0 Å². The number of quaternary nitrogens is 1. The Morgan fingerprint density at radius 1 is 1.08 bits per heavy atom. The highest BCUT2D eigenvalue weighted by Gasteiger charge is 2.26. The van der Waals surface area contributed by atoms with Gasteiger partial charge in [0.25, 0.3) is 11.8 Å². The topological polar surface area (TPSA) is 62.6 Å². The third-order valence-corrected chi connectivity index (χ3v) is 5.78. The number of fused-ring (bicyclic) bond motifs is 1. The number of hydrogen-bond donors (Lipinski definition) is 3. The summed E-state index contributed by atoms with van der Waals surface area (Å²) in [6.45, 7) is 1.49. The minimum Gasteiger partial charge on any atom is -0.346 e. The SMILES string of the molecule is C[NH+](C)CCNC(=O)c1c(NC(=O)c2ccccc2)sc2c1CCCC2. The summed E-state index contributed by atoms with van der Waals surface area (Å²) in [7, 11) is 4.12. The molecule has 1 aliphatic carbocycles. The highest BCUT2D eigenvalue weighted by molar-refractivity contribution is 7.17. The Bertz CT molecular complexity index is 784. The van der Waals surface area contributed by atoms with Crippen molar-refractivity contribution in [3.05, 3.63) is 51.9 Å². The lowest BCUT2D eigenvalue weighted by Crippen LogP contribution is -3.06. The molecule has 0 aliphatic heterocycles. The molecule has 0 atom stereocenters. The predicted octanol–water partition coefficient (Wildman–Crippen LogP) is 1.75. The number of benzene rings is 1. The number of rotatable bonds is 6. The molecule has 2 aromatic rings. The minimum atomic E-state index is -0.170. The van der Waals surface area contributed by atoms with Crippen molar-refractivity contribution < 1.29 is 14.5 Å². The Morgan fingerprint density at radius 3 is 2.54 bits per heavy atom. The molecule has 3 rings (SSSR count). The second-order valence-corrected chi connectivity index (χ2v) is 8.05. The maximum Gasteiger partial charge on any atom is 0.256 e. The van der Waals surface area contributed by atoms with E-state index in [9.17, 15) is 9.59 Å². The van der Waals surface area contributed by atoms with Crippen LogP contribution in [0, 0.1) is 0 Å². The van der Waals surface area contributed by atoms with Gasteiger partial charge in [-0.15, -0.1) is 11.3 Å². The van der Waals surface area contributed by atoms with Crippen LogP contribution in [-0.2, 0) is 12.8 Å². The Morgan fingerprint density at radius 2 is 1.81 bits per heavy atom. The lowest BCUT2D eigenvalue weighted by molar-refractivity contribution is -0.856. The molecule has 0 bridgehead atoms. The smallest absolute Gasteiger partial charge is 0.256 e. The lowest BCUT2D eigenvalue weighted by Gasteiger charge is -2.14. The number of carbonyl (C=O) groups is 2. The third-order valence-electron chi connectivity index (χ3n) is 4.57. The second kappa shape index (κ2) is 8.47. The van der Waals surface area contributed by atoms with Crippen molar-refractivity contribution in [2.75, 3.05) is 32.5 Å². The molecule has 138 valence electrons. The Hall–Kier alpha value is -2.18. The minimum absolute atomic E-state index is 0.0750. The van der Waals surface area contributed by atoms with Gasteiger partial charge in [-0.2, -0.15) is 0 Å². The van der Waals surface area contributed by atoms with Gasteiger partial charge in [-0.05, 0) is 43.4 Å². The molecule has 0 saturated heterocycles. The van der Waals surface area contributed by atoms with E-state index in [1.54, 1.807) is 23.5 Å². The lowest BCUT2D eigenvalue weighted by atomic mass is 9.95. The van der Waals surface area contributed by atoms with Crippen LogP contribution < -0.4 is 15.5 Å². The van der Waals surface area contributed by atoms with Crippen molar-refractivity contribution in [3.8, 4) is 0 Å². The zero-order valence-corrected chi connectivity index (χ0v) is 16.2. The average Bonchev–Trinajstić information content (AvgIpc) is 2.99. The van der Waals surface area contributed by atoms with Gasteiger partial charge < -0.3 is 15.5 Å². The number of anilines is 1. The first kappa shape index (κ1) is 18.6. The molecular formula is C20H26N3O2S+. The van der Waals surface area contributed by atoms with E-state index in [-0.39, 0.29) is 11.8 Å². The van der Waals surface area contributed by atoms with Gasteiger partial charge in [-0.1, -0.05) is 18.2 Å². The molecule has 1 aliphatic rings. The molecule has 1 aromatic heterocycles. The van der Waals surface area contributed by atoms with Gasteiger partial charge in [0.1, 0.15) is 5.00 Å². The summed E-state index contributed by atoms with van der Waals surface area (Å²) in [6.07, 6.45) is 4.14. The summed E-state index contributed by atoms with van der Waals surface area (Å²) >= 11 is 1.56. The van der Waals surface area contributed by atoms with Crippen molar-refractivity contribution in [3.63, 3.8) is 0 Å². The molecule has 26 heavy (non-hydrogen) atoms. The molecule has 1 aromatic carbocycles. The molecule has 3 N–H and O–H groups in total. The highest BCUT2D eigenvalue weighted by atomic mass is 32.1. The standard InChI is InChI=1S/C20H25N3O2S/c1-23(2)13-12-21-19(25)17-15-10-6-7-11-16(15)26-20(17)22-18(24)14-8-4-3-5-9-14/h3-5,8-9H,6-7,10-13H2,1-2H3,(H,21,25)(H,22,24)/p+1. The summed E-state index contributed by atoms with van der Waals surface area (Å²) in [4.78, 5) is 27.9. The molecule has 0 spiro atoms. The maximum atomic E-state index is 12.8. The molecule has 0 unspecified atom stereocenters. The summed E-state index contributed by atoms with van der Waals surface area (Å²) in [5.41, 5.74) is 2.39. The van der Waals surface area contributed by atoms with Crippen LogP contribution in [0.25, 0.3) is 0 Å². The number of amides is 2. The van der Waals surface area contributed by atoms with E-state index < -0.39 is 0 Å². The van der Waals surface area contributed by atoms with Gasteiger partial charge in [0.2, 0.25) is 0 Å². The van der Waals surface area contributed by atoms with E-state index in [2.05, 4.69) is 24.7 Å². The molecule has 0 saturated carbocycles. The number of nitrogens with one attached hydrogen (secondary N) is 3. The van der Waals surface area contributed by atoms with Crippen LogP contribution in [0.2, 0.25) is 0 Å². The van der Waals surface area contributed by atoms with Gasteiger partial charge in [-0.25, -0.2) is 0 Å². The molecule has 5 nitrogen and oxygen atoms in total. The van der Waals surface area contributed by atoms with Crippen LogP contribution in [-0.4, -0.2) is 39.0 Å². The van der Waals surface area contributed by atoms with E-state index in [1.165, 1.54) is 9.78 Å². The fourth-order valence-electron chi connectivity index (χ4n) is 3.17. The molecule has 2 amide bonds. The quantitative estimate of drug-likeness (QED) is 0.723. The van der Waals surface area contributed by atoms with Gasteiger partial charge in [0.15, 0.2) is 0 Å². The van der Waals surface area contributed by atoms with Crippen molar-refractivity contribution >= 4 is 28.2 Å². The first-order valence-electron chi connectivity index (χ1n) is 9.14. The Kier molecular flexibility index (Phi) is 6.06. The van der Waals surface area contributed by atoms with Crippen molar-refractivity contribution in [1.82, 2.24) is 5.32 Å². The van der Waals surface area contributed by atoms with Crippen LogP contribution in [0.4, 0.5) is 5.00 Å². The number of likely N-dealkylation sites (N-methyl/N-ethyl adjacent to an activating group) is 1. The van der Waals surface area contributed by atoms with Crippen LogP contribution in [0.5, 0.6) is 0 Å². The molecule has 6 heteroatoms. The molecule has 1 heterocycles. The van der Waals surface area contributed by atoms with E-state index in [4.69, 9.17) is 0 Å². The summed E-state index contributed by atoms with van der Waals surface area (Å²) in [6, 6.07) is 9.12. The number of aryl methyl sites for hydroxylation is 1. The zero-order chi connectivity index (χ0) is 18.5. The first-order valence-corrected chi connectivity index (χ1v) is 9.96. The highest BCUT2D eigenvalue weighted by Crippen LogP contribution is 2.38. The number of hydrogen-bond acceptors (Lipinski definition) is 3. The predicted molar refractivity (Wildman–Crippen MR) is 105 cm³/mol. The Balaban J connectivity index is 1.83. The van der Waals surface area contributed by atoms with Crippen LogP contribution in [0.3, 0.4) is 0 Å². The molecule has 0 radical (unpaired) electrons. The summed E-state index contributed by atoms with van der Waals surface area (Å²) < 4.78 is 0. The fraction of sp³-hybridized carbons (Fsp3) is 0.400. The van der Waals surface area contributed by atoms with Gasteiger partial charge in [-0.3, -0.25) is 9.59 Å². The first-order chi connectivity index (χ1) is 12.6. The maximum absolute atomic E-state index is 12.8. The number of thiophene rings is 1. The van der Waals surface area contributed by atoms with Crippen LogP contribution >= 0.6 is 11.3 Å². The van der Waals surface area contributed by atoms with E-state index in [1.807, 2.05) is 18.2 Å². The average molecular weight is 373 g/mol. The van der Waals surface area contributed by atoms with Crippen LogP contribution in [0.1, 0.15) is 44.0 Å². The van der Waals surface area contributed by atoms with Crippen molar-refractivity contribution in [1.29, 1.82) is 0 Å².